The van der Waals surface area contributed by atoms with Crippen LogP contribution in [0.15, 0.2) is 48.5 Å². The molecule has 2 rings (SSSR count). The van der Waals surface area contributed by atoms with Gasteiger partial charge in [-0.05, 0) is 36.8 Å². The molecule has 4 nitrogen and oxygen atoms in total. The summed E-state index contributed by atoms with van der Waals surface area (Å²) in [6.07, 6.45) is 0. The molecule has 1 amide bonds. The summed E-state index contributed by atoms with van der Waals surface area (Å²) in [4.78, 5) is 23.6. The minimum Gasteiger partial charge on any atom is -0.465 e. The van der Waals surface area contributed by atoms with Crippen molar-refractivity contribution in [2.45, 2.75) is 6.92 Å². The highest BCUT2D eigenvalue weighted by molar-refractivity contribution is 6.06. The quantitative estimate of drug-likeness (QED) is 0.871. The van der Waals surface area contributed by atoms with E-state index in [0.29, 0.717) is 11.1 Å². The number of methoxy groups -OCH3 is 1. The lowest BCUT2D eigenvalue weighted by atomic mass is 10.1. The predicted octanol–water partition coefficient (Wildman–Crippen LogP) is 3.03. The first-order chi connectivity index (χ1) is 9.61. The molecule has 0 aliphatic heterocycles. The van der Waals surface area contributed by atoms with Crippen molar-refractivity contribution in [3.05, 3.63) is 65.2 Å². The highest BCUT2D eigenvalue weighted by Gasteiger charge is 2.11. The van der Waals surface area contributed by atoms with Crippen molar-refractivity contribution in [2.75, 3.05) is 12.4 Å². The Labute approximate surface area is 117 Å². The third kappa shape index (κ3) is 3.03. The Hall–Kier alpha value is -2.62. The lowest BCUT2D eigenvalue weighted by molar-refractivity contribution is 0.0600. The second kappa shape index (κ2) is 6.02. The van der Waals surface area contributed by atoms with E-state index in [4.69, 9.17) is 0 Å². The van der Waals surface area contributed by atoms with Crippen LogP contribution in [0.5, 0.6) is 0 Å². The third-order valence-electron chi connectivity index (χ3n) is 2.94. The Kier molecular flexibility index (Phi) is 4.15. The molecule has 20 heavy (non-hydrogen) atoms. The SMILES string of the molecule is COC(=O)c1cccc(C(=O)Nc2ccccc2C)c1. The van der Waals surface area contributed by atoms with E-state index in [1.807, 2.05) is 31.2 Å². The standard InChI is InChI=1S/C16H15NO3/c1-11-6-3-4-9-14(11)17-15(18)12-7-5-8-13(10-12)16(19)20-2/h3-10H,1-2H3,(H,17,18). The molecule has 0 radical (unpaired) electrons. The van der Waals surface area contributed by atoms with Crippen molar-refractivity contribution in [2.24, 2.45) is 0 Å². The van der Waals surface area contributed by atoms with E-state index in [0.717, 1.165) is 11.3 Å². The molecule has 0 aliphatic carbocycles. The molecule has 0 spiro atoms. The van der Waals surface area contributed by atoms with Crippen LogP contribution in [0.1, 0.15) is 26.3 Å². The molecule has 4 heteroatoms. The van der Waals surface area contributed by atoms with Gasteiger partial charge in [0.2, 0.25) is 0 Å². The van der Waals surface area contributed by atoms with Crippen molar-refractivity contribution in [3.8, 4) is 0 Å². The number of nitrogens with one attached hydrogen (secondary N) is 1. The normalized spacial score (nSPS) is 9.90. The Balaban J connectivity index is 2.22. The number of anilines is 1. The Morgan fingerprint density at radius 1 is 1.00 bits per heavy atom. The van der Waals surface area contributed by atoms with Crippen LogP contribution in [0, 0.1) is 6.92 Å². The molecule has 0 bridgehead atoms. The van der Waals surface area contributed by atoms with E-state index in [1.54, 1.807) is 18.2 Å². The first-order valence-electron chi connectivity index (χ1n) is 6.17. The lowest BCUT2D eigenvalue weighted by Crippen LogP contribution is -2.13. The van der Waals surface area contributed by atoms with Crippen molar-refractivity contribution in [1.82, 2.24) is 0 Å². The molecule has 0 heterocycles. The number of hydrogen-bond acceptors (Lipinski definition) is 3. The van der Waals surface area contributed by atoms with E-state index in [2.05, 4.69) is 10.1 Å². The highest BCUT2D eigenvalue weighted by atomic mass is 16.5. The zero-order valence-corrected chi connectivity index (χ0v) is 11.3. The van der Waals surface area contributed by atoms with Gasteiger partial charge in [-0.15, -0.1) is 0 Å². The number of ether oxygens (including phenoxy) is 1. The second-order valence-corrected chi connectivity index (χ2v) is 4.34. The van der Waals surface area contributed by atoms with Crippen molar-refractivity contribution < 1.29 is 14.3 Å². The van der Waals surface area contributed by atoms with Crippen LogP contribution in [0.4, 0.5) is 5.69 Å². The summed E-state index contributed by atoms with van der Waals surface area (Å²) >= 11 is 0. The van der Waals surface area contributed by atoms with Crippen LogP contribution >= 0.6 is 0 Å². The van der Waals surface area contributed by atoms with E-state index >= 15 is 0 Å². The molecule has 0 saturated heterocycles. The molecule has 102 valence electrons. The number of aryl methyl sites for hydroxylation is 1. The number of carbonyl (C=O) groups excluding carboxylic acids is 2. The van der Waals surface area contributed by atoms with Gasteiger partial charge in [0.15, 0.2) is 0 Å². The number of carbonyl (C=O) groups is 2. The number of amides is 1. The Morgan fingerprint density at radius 2 is 1.70 bits per heavy atom. The molecule has 0 atom stereocenters. The average molecular weight is 269 g/mol. The van der Waals surface area contributed by atoms with Gasteiger partial charge >= 0.3 is 5.97 Å². The van der Waals surface area contributed by atoms with Gasteiger partial charge in [-0.2, -0.15) is 0 Å². The van der Waals surface area contributed by atoms with Gasteiger partial charge in [0.05, 0.1) is 12.7 Å². The Bertz CT molecular complexity index is 650. The van der Waals surface area contributed by atoms with Crippen LogP contribution in [0.3, 0.4) is 0 Å². The maximum Gasteiger partial charge on any atom is 0.337 e. The fourth-order valence-corrected chi connectivity index (χ4v) is 1.81. The van der Waals surface area contributed by atoms with Gasteiger partial charge < -0.3 is 10.1 Å². The maximum absolute atomic E-state index is 12.2. The topological polar surface area (TPSA) is 55.4 Å². The van der Waals surface area contributed by atoms with Gasteiger partial charge in [0.25, 0.3) is 5.91 Å². The largest absolute Gasteiger partial charge is 0.465 e. The van der Waals surface area contributed by atoms with Crippen LogP contribution in [-0.4, -0.2) is 19.0 Å². The summed E-state index contributed by atoms with van der Waals surface area (Å²) in [7, 11) is 1.31. The van der Waals surface area contributed by atoms with Crippen LogP contribution < -0.4 is 5.32 Å². The van der Waals surface area contributed by atoms with Gasteiger partial charge in [0.1, 0.15) is 0 Å². The summed E-state index contributed by atoms with van der Waals surface area (Å²) in [6.45, 7) is 1.92. The van der Waals surface area contributed by atoms with Crippen molar-refractivity contribution in [1.29, 1.82) is 0 Å². The number of para-hydroxylation sites is 1. The van der Waals surface area contributed by atoms with Crippen LogP contribution in [0.2, 0.25) is 0 Å². The van der Waals surface area contributed by atoms with Crippen molar-refractivity contribution >= 4 is 17.6 Å². The van der Waals surface area contributed by atoms with Gasteiger partial charge in [0, 0.05) is 11.3 Å². The summed E-state index contributed by atoms with van der Waals surface area (Å²) in [5.74, 6) is -0.722. The lowest BCUT2D eigenvalue weighted by Gasteiger charge is -2.08. The molecule has 0 aliphatic rings. The fourth-order valence-electron chi connectivity index (χ4n) is 1.81. The monoisotopic (exact) mass is 269 g/mol. The van der Waals surface area contributed by atoms with Gasteiger partial charge in [-0.1, -0.05) is 24.3 Å². The van der Waals surface area contributed by atoms with Crippen molar-refractivity contribution in [3.63, 3.8) is 0 Å². The molecule has 2 aromatic carbocycles. The Morgan fingerprint density at radius 3 is 2.40 bits per heavy atom. The molecular formula is C16H15NO3. The summed E-state index contributed by atoms with van der Waals surface area (Å²) < 4.78 is 4.64. The molecular weight excluding hydrogens is 254 g/mol. The molecule has 0 fully saturated rings. The predicted molar refractivity (Wildman–Crippen MR) is 76.9 cm³/mol. The van der Waals surface area contributed by atoms with Crippen LogP contribution in [0.25, 0.3) is 0 Å². The maximum atomic E-state index is 12.2. The summed E-state index contributed by atoms with van der Waals surface area (Å²) in [6, 6.07) is 13.9. The van der Waals surface area contributed by atoms with Gasteiger partial charge in [-0.25, -0.2) is 4.79 Å². The molecule has 0 aromatic heterocycles. The number of rotatable bonds is 3. The second-order valence-electron chi connectivity index (χ2n) is 4.34. The van der Waals surface area contributed by atoms with Gasteiger partial charge in [-0.3, -0.25) is 4.79 Å². The molecule has 1 N–H and O–H groups in total. The summed E-state index contributed by atoms with van der Waals surface area (Å²) in [5.41, 5.74) is 2.49. The van der Waals surface area contributed by atoms with E-state index < -0.39 is 5.97 Å². The minimum atomic E-state index is -0.462. The number of esters is 1. The average Bonchev–Trinajstić information content (AvgIpc) is 2.49. The summed E-state index contributed by atoms with van der Waals surface area (Å²) in [5, 5.41) is 2.82. The minimum absolute atomic E-state index is 0.259. The molecule has 0 saturated carbocycles. The molecule has 0 unspecified atom stereocenters. The molecule has 2 aromatic rings. The number of benzene rings is 2. The first-order valence-corrected chi connectivity index (χ1v) is 6.17. The van der Waals surface area contributed by atoms with Crippen LogP contribution in [-0.2, 0) is 4.74 Å². The number of hydrogen-bond donors (Lipinski definition) is 1. The van der Waals surface area contributed by atoms with E-state index in [9.17, 15) is 9.59 Å². The highest BCUT2D eigenvalue weighted by Crippen LogP contribution is 2.15. The first kappa shape index (κ1) is 13.8. The third-order valence-corrected chi connectivity index (χ3v) is 2.94. The fraction of sp³-hybridized carbons (Fsp3) is 0.125. The zero-order valence-electron chi connectivity index (χ0n) is 11.3. The van der Waals surface area contributed by atoms with E-state index in [1.165, 1.54) is 13.2 Å². The van der Waals surface area contributed by atoms with E-state index in [-0.39, 0.29) is 5.91 Å². The zero-order chi connectivity index (χ0) is 14.5. The smallest absolute Gasteiger partial charge is 0.337 e.